The fourth-order valence-corrected chi connectivity index (χ4v) is 3.06. The van der Waals surface area contributed by atoms with Crippen molar-refractivity contribution in [2.75, 3.05) is 7.05 Å². The number of fused-ring (bicyclic) bond motifs is 1. The average Bonchev–Trinajstić information content (AvgIpc) is 2.40. The molecule has 0 radical (unpaired) electrons. The lowest BCUT2D eigenvalue weighted by Crippen LogP contribution is -2.30. The summed E-state index contributed by atoms with van der Waals surface area (Å²) in [5.74, 6) is 0.709. The average molecular weight is 262 g/mol. The summed E-state index contributed by atoms with van der Waals surface area (Å²) in [4.78, 5) is 12.1. The van der Waals surface area contributed by atoms with E-state index in [0.717, 1.165) is 19.4 Å². The van der Waals surface area contributed by atoms with Crippen LogP contribution in [0.25, 0.3) is 0 Å². The van der Waals surface area contributed by atoms with Gasteiger partial charge in [0.15, 0.2) is 0 Å². The molecule has 1 aromatic heterocycles. The molecule has 1 unspecified atom stereocenters. The Labute approximate surface area is 116 Å². The number of pyridine rings is 1. The molecule has 19 heavy (non-hydrogen) atoms. The van der Waals surface area contributed by atoms with E-state index in [2.05, 4.69) is 19.2 Å². The summed E-state index contributed by atoms with van der Waals surface area (Å²) >= 11 is 0. The number of rotatable bonds is 5. The highest BCUT2D eigenvalue weighted by atomic mass is 16.1. The maximum absolute atomic E-state index is 12.1. The van der Waals surface area contributed by atoms with Gasteiger partial charge >= 0.3 is 0 Å². The van der Waals surface area contributed by atoms with E-state index in [1.165, 1.54) is 30.5 Å². The molecular weight excluding hydrogens is 236 g/mol. The van der Waals surface area contributed by atoms with Crippen molar-refractivity contribution in [2.45, 2.75) is 58.5 Å². The summed E-state index contributed by atoms with van der Waals surface area (Å²) in [6, 6.07) is 4.18. The number of nitrogens with zero attached hydrogens (tertiary/aromatic N) is 1. The van der Waals surface area contributed by atoms with Crippen LogP contribution in [0.1, 0.15) is 56.8 Å². The van der Waals surface area contributed by atoms with Crippen LogP contribution in [-0.2, 0) is 13.0 Å². The van der Waals surface area contributed by atoms with E-state index in [1.807, 2.05) is 17.7 Å². The number of hydrogen-bond acceptors (Lipinski definition) is 2. The van der Waals surface area contributed by atoms with Gasteiger partial charge in [0.05, 0.1) is 0 Å². The Kier molecular flexibility index (Phi) is 4.81. The van der Waals surface area contributed by atoms with Crippen molar-refractivity contribution in [3.8, 4) is 0 Å². The van der Waals surface area contributed by atoms with Crippen molar-refractivity contribution in [1.29, 1.82) is 0 Å². The summed E-state index contributed by atoms with van der Waals surface area (Å²) in [5, 5.41) is 3.37. The third kappa shape index (κ3) is 3.27. The van der Waals surface area contributed by atoms with Gasteiger partial charge in [-0.3, -0.25) is 4.79 Å². The summed E-state index contributed by atoms with van der Waals surface area (Å²) in [5.41, 5.74) is 2.76. The highest BCUT2D eigenvalue weighted by Crippen LogP contribution is 2.28. The highest BCUT2D eigenvalue weighted by Gasteiger charge is 2.21. The van der Waals surface area contributed by atoms with Crippen LogP contribution in [0, 0.1) is 5.92 Å². The topological polar surface area (TPSA) is 34.0 Å². The van der Waals surface area contributed by atoms with Crippen molar-refractivity contribution in [3.63, 3.8) is 0 Å². The molecule has 2 rings (SSSR count). The smallest absolute Gasteiger partial charge is 0.250 e. The molecule has 3 nitrogen and oxygen atoms in total. The molecule has 1 atom stereocenters. The zero-order valence-corrected chi connectivity index (χ0v) is 12.4. The molecule has 0 aliphatic heterocycles. The molecule has 0 saturated carbocycles. The van der Waals surface area contributed by atoms with E-state index in [1.54, 1.807) is 6.07 Å². The van der Waals surface area contributed by atoms with E-state index in [0.29, 0.717) is 12.0 Å². The second-order valence-electron chi connectivity index (χ2n) is 5.99. The van der Waals surface area contributed by atoms with Gasteiger partial charge in [0.2, 0.25) is 0 Å². The summed E-state index contributed by atoms with van der Waals surface area (Å²) in [7, 11) is 2.01. The summed E-state index contributed by atoms with van der Waals surface area (Å²) < 4.78 is 2.02. The zero-order valence-electron chi connectivity index (χ0n) is 12.4. The Hall–Kier alpha value is -1.09. The van der Waals surface area contributed by atoms with Crippen molar-refractivity contribution in [2.24, 2.45) is 5.92 Å². The lowest BCUT2D eigenvalue weighted by Gasteiger charge is -2.27. The largest absolute Gasteiger partial charge is 0.313 e. The van der Waals surface area contributed by atoms with Gasteiger partial charge in [0, 0.05) is 24.3 Å². The van der Waals surface area contributed by atoms with Gasteiger partial charge in [-0.25, -0.2) is 0 Å². The first-order valence-corrected chi connectivity index (χ1v) is 7.53. The van der Waals surface area contributed by atoms with Crippen LogP contribution in [0.5, 0.6) is 0 Å². The molecule has 1 aromatic rings. The van der Waals surface area contributed by atoms with Crippen molar-refractivity contribution in [3.05, 3.63) is 33.7 Å². The molecule has 0 bridgehead atoms. The number of nitrogens with one attached hydrogen (secondary N) is 1. The van der Waals surface area contributed by atoms with E-state index in [4.69, 9.17) is 0 Å². The first kappa shape index (κ1) is 14.3. The van der Waals surface area contributed by atoms with Crippen LogP contribution >= 0.6 is 0 Å². The maximum atomic E-state index is 12.1. The zero-order chi connectivity index (χ0) is 13.8. The lowest BCUT2D eigenvalue weighted by molar-refractivity contribution is 0.450. The fourth-order valence-electron chi connectivity index (χ4n) is 3.06. The Morgan fingerprint density at radius 1 is 1.42 bits per heavy atom. The van der Waals surface area contributed by atoms with Gasteiger partial charge in [-0.1, -0.05) is 19.9 Å². The van der Waals surface area contributed by atoms with E-state index >= 15 is 0 Å². The Bertz CT molecular complexity index is 476. The van der Waals surface area contributed by atoms with Gasteiger partial charge in [-0.2, -0.15) is 0 Å². The molecule has 1 heterocycles. The third-order valence-corrected chi connectivity index (χ3v) is 4.12. The normalized spacial score (nSPS) is 18.6. The van der Waals surface area contributed by atoms with E-state index < -0.39 is 0 Å². The van der Waals surface area contributed by atoms with Gasteiger partial charge in [-0.15, -0.1) is 0 Å². The first-order chi connectivity index (χ1) is 9.13. The van der Waals surface area contributed by atoms with Crippen molar-refractivity contribution in [1.82, 2.24) is 9.88 Å². The Morgan fingerprint density at radius 3 is 2.89 bits per heavy atom. The molecule has 0 saturated heterocycles. The van der Waals surface area contributed by atoms with Crippen LogP contribution in [0.3, 0.4) is 0 Å². The van der Waals surface area contributed by atoms with Crippen molar-refractivity contribution < 1.29 is 0 Å². The predicted octanol–water partition coefficient (Wildman–Crippen LogP) is 2.88. The molecule has 3 heteroatoms. The molecule has 1 aliphatic rings. The monoisotopic (exact) mass is 262 g/mol. The standard InChI is InChI=1S/C16H26N2O/c1-12(2)6-5-11-18-15-8-4-7-14(17-3)13(15)9-10-16(18)19/h9-10,12,14,17H,4-8,11H2,1-3H3. The summed E-state index contributed by atoms with van der Waals surface area (Å²) in [6.07, 6.45) is 5.68. The van der Waals surface area contributed by atoms with Gasteiger partial charge in [0.1, 0.15) is 0 Å². The minimum absolute atomic E-state index is 0.166. The predicted molar refractivity (Wildman–Crippen MR) is 79.5 cm³/mol. The molecule has 0 aromatic carbocycles. The fraction of sp³-hybridized carbons (Fsp3) is 0.688. The Morgan fingerprint density at radius 2 is 2.21 bits per heavy atom. The molecule has 0 spiro atoms. The van der Waals surface area contributed by atoms with Crippen LogP contribution in [0.2, 0.25) is 0 Å². The highest BCUT2D eigenvalue weighted by molar-refractivity contribution is 5.27. The minimum Gasteiger partial charge on any atom is -0.313 e. The molecule has 0 amide bonds. The van der Waals surface area contributed by atoms with Crippen LogP contribution in [-0.4, -0.2) is 11.6 Å². The van der Waals surface area contributed by atoms with Crippen LogP contribution < -0.4 is 10.9 Å². The Balaban J connectivity index is 2.24. The van der Waals surface area contributed by atoms with Gasteiger partial charge in [0.25, 0.3) is 5.56 Å². The number of aromatic nitrogens is 1. The van der Waals surface area contributed by atoms with E-state index in [9.17, 15) is 4.79 Å². The summed E-state index contributed by atoms with van der Waals surface area (Å²) in [6.45, 7) is 5.34. The quantitative estimate of drug-likeness (QED) is 0.885. The molecule has 106 valence electrons. The van der Waals surface area contributed by atoms with Gasteiger partial charge in [-0.05, 0) is 50.6 Å². The molecular formula is C16H26N2O. The van der Waals surface area contributed by atoms with Crippen LogP contribution in [0.15, 0.2) is 16.9 Å². The molecule has 0 fully saturated rings. The first-order valence-electron chi connectivity index (χ1n) is 7.53. The minimum atomic E-state index is 0.166. The van der Waals surface area contributed by atoms with Crippen molar-refractivity contribution >= 4 is 0 Å². The molecule has 1 aliphatic carbocycles. The van der Waals surface area contributed by atoms with E-state index in [-0.39, 0.29) is 5.56 Å². The van der Waals surface area contributed by atoms with Gasteiger partial charge < -0.3 is 9.88 Å². The maximum Gasteiger partial charge on any atom is 0.250 e. The second kappa shape index (κ2) is 6.38. The SMILES string of the molecule is CNC1CCCc2c1ccc(=O)n2CCCC(C)C. The lowest BCUT2D eigenvalue weighted by atomic mass is 9.91. The molecule has 1 N–H and O–H groups in total. The third-order valence-electron chi connectivity index (χ3n) is 4.12. The van der Waals surface area contributed by atoms with Crippen LogP contribution in [0.4, 0.5) is 0 Å². The second-order valence-corrected chi connectivity index (χ2v) is 5.99. The number of hydrogen-bond donors (Lipinski definition) is 1.